The van der Waals surface area contributed by atoms with Crippen LogP contribution >= 0.6 is 0 Å². The van der Waals surface area contributed by atoms with Gasteiger partial charge in [0.15, 0.2) is 11.5 Å². The normalized spacial score (nSPS) is 11.9. The minimum atomic E-state index is -1.28. The van der Waals surface area contributed by atoms with E-state index in [4.69, 9.17) is 9.47 Å². The first kappa shape index (κ1) is 14.5. The van der Waals surface area contributed by atoms with Crippen molar-refractivity contribution >= 4 is 10.8 Å². The predicted octanol–water partition coefficient (Wildman–Crippen LogP) is 3.02. The van der Waals surface area contributed by atoms with Crippen molar-refractivity contribution in [1.82, 2.24) is 0 Å². The largest absolute Gasteiger partial charge is 0.493 e. The van der Waals surface area contributed by atoms with Crippen molar-refractivity contribution in [2.45, 2.75) is 4.90 Å². The fraction of sp³-hybridized carbons (Fsp3) is 0.200. The molecule has 0 N–H and O–H groups in total. The zero-order chi connectivity index (χ0) is 14.4. The molecule has 0 fully saturated rings. The van der Waals surface area contributed by atoms with Gasteiger partial charge < -0.3 is 9.47 Å². The summed E-state index contributed by atoms with van der Waals surface area (Å²) in [6, 6.07) is 13.0. The number of para-hydroxylation sites is 2. The minimum Gasteiger partial charge on any atom is -0.493 e. The molecule has 0 amide bonds. The third-order valence-corrected chi connectivity index (χ3v) is 3.97. The monoisotopic (exact) mass is 294 g/mol. The smallest absolute Gasteiger partial charge is 0.161 e. The molecule has 0 aliphatic carbocycles. The third kappa shape index (κ3) is 3.81. The quantitative estimate of drug-likeness (QED) is 0.821. The van der Waals surface area contributed by atoms with Gasteiger partial charge in [0.25, 0.3) is 0 Å². The van der Waals surface area contributed by atoms with Gasteiger partial charge in [0.2, 0.25) is 0 Å². The Morgan fingerprint density at radius 1 is 1.10 bits per heavy atom. The van der Waals surface area contributed by atoms with E-state index in [1.807, 2.05) is 12.1 Å². The van der Waals surface area contributed by atoms with E-state index in [1.54, 1.807) is 31.4 Å². The standard InChI is InChI=1S/C15H15FO3S/c1-18-14-7-2-3-8-15(14)19-9-10-20(17)13-6-4-5-12(16)11-13/h2-8,11H,9-10H2,1H3. The maximum absolute atomic E-state index is 13.0. The summed E-state index contributed by atoms with van der Waals surface area (Å²) in [7, 11) is 0.281. The highest BCUT2D eigenvalue weighted by atomic mass is 32.2. The van der Waals surface area contributed by atoms with E-state index < -0.39 is 10.8 Å². The maximum Gasteiger partial charge on any atom is 0.161 e. The van der Waals surface area contributed by atoms with Gasteiger partial charge in [-0.1, -0.05) is 18.2 Å². The first-order chi connectivity index (χ1) is 9.70. The second-order valence-corrected chi connectivity index (χ2v) is 5.58. The van der Waals surface area contributed by atoms with Gasteiger partial charge in [-0.15, -0.1) is 0 Å². The second kappa shape index (κ2) is 7.05. The lowest BCUT2D eigenvalue weighted by Crippen LogP contribution is -2.09. The first-order valence-electron chi connectivity index (χ1n) is 6.10. The molecular weight excluding hydrogens is 279 g/mol. The van der Waals surface area contributed by atoms with E-state index in [0.29, 0.717) is 22.1 Å². The van der Waals surface area contributed by atoms with Crippen LogP contribution in [0.15, 0.2) is 53.4 Å². The van der Waals surface area contributed by atoms with Crippen molar-refractivity contribution in [2.75, 3.05) is 19.5 Å². The molecule has 0 saturated carbocycles. The van der Waals surface area contributed by atoms with E-state index in [0.717, 1.165) is 0 Å². The van der Waals surface area contributed by atoms with Crippen LogP contribution < -0.4 is 9.47 Å². The molecule has 3 nitrogen and oxygen atoms in total. The van der Waals surface area contributed by atoms with Gasteiger partial charge >= 0.3 is 0 Å². The highest BCUT2D eigenvalue weighted by Crippen LogP contribution is 2.25. The highest BCUT2D eigenvalue weighted by molar-refractivity contribution is 7.85. The molecular formula is C15H15FO3S. The van der Waals surface area contributed by atoms with Gasteiger partial charge in [-0.2, -0.15) is 0 Å². The van der Waals surface area contributed by atoms with Crippen LogP contribution in [0.5, 0.6) is 11.5 Å². The van der Waals surface area contributed by atoms with Crippen molar-refractivity contribution in [1.29, 1.82) is 0 Å². The minimum absolute atomic E-state index is 0.267. The molecule has 0 saturated heterocycles. The lowest BCUT2D eigenvalue weighted by molar-refractivity contribution is 0.312. The van der Waals surface area contributed by atoms with Crippen molar-refractivity contribution < 1.29 is 18.1 Å². The van der Waals surface area contributed by atoms with E-state index in [-0.39, 0.29) is 12.4 Å². The van der Waals surface area contributed by atoms with Gasteiger partial charge in [0.1, 0.15) is 12.4 Å². The Morgan fingerprint density at radius 3 is 2.55 bits per heavy atom. The molecule has 1 unspecified atom stereocenters. The number of methoxy groups -OCH3 is 1. The molecule has 0 radical (unpaired) electrons. The van der Waals surface area contributed by atoms with Crippen molar-refractivity contribution in [3.63, 3.8) is 0 Å². The van der Waals surface area contributed by atoms with Crippen molar-refractivity contribution in [3.05, 3.63) is 54.3 Å². The number of rotatable bonds is 6. The Kier molecular flexibility index (Phi) is 5.12. The van der Waals surface area contributed by atoms with E-state index in [1.165, 1.54) is 12.1 Å². The topological polar surface area (TPSA) is 35.5 Å². The third-order valence-electron chi connectivity index (χ3n) is 2.65. The molecule has 0 bridgehead atoms. The number of hydrogen-bond acceptors (Lipinski definition) is 3. The molecule has 0 aromatic heterocycles. The first-order valence-corrected chi connectivity index (χ1v) is 7.42. The summed E-state index contributed by atoms with van der Waals surface area (Å²) < 4.78 is 35.7. The van der Waals surface area contributed by atoms with Crippen LogP contribution in [0.25, 0.3) is 0 Å². The Balaban J connectivity index is 1.91. The summed E-state index contributed by atoms with van der Waals surface area (Å²) in [5, 5.41) is 0. The van der Waals surface area contributed by atoms with Crippen LogP contribution in [-0.4, -0.2) is 23.7 Å². The van der Waals surface area contributed by atoms with Crippen LogP contribution in [0.2, 0.25) is 0 Å². The average Bonchev–Trinajstić information content (AvgIpc) is 2.47. The van der Waals surface area contributed by atoms with E-state index in [2.05, 4.69) is 0 Å². The van der Waals surface area contributed by atoms with Crippen LogP contribution in [0, 0.1) is 5.82 Å². The van der Waals surface area contributed by atoms with Gasteiger partial charge in [-0.05, 0) is 30.3 Å². The summed E-state index contributed by atoms with van der Waals surface area (Å²) in [5.74, 6) is 1.14. The zero-order valence-electron chi connectivity index (χ0n) is 11.0. The SMILES string of the molecule is COc1ccccc1OCCS(=O)c1cccc(F)c1. The van der Waals surface area contributed by atoms with Gasteiger partial charge in [-0.25, -0.2) is 4.39 Å². The molecule has 2 rings (SSSR count). The fourth-order valence-electron chi connectivity index (χ4n) is 1.69. The van der Waals surface area contributed by atoms with Crippen LogP contribution in [0.1, 0.15) is 0 Å². The molecule has 20 heavy (non-hydrogen) atoms. The Morgan fingerprint density at radius 2 is 1.85 bits per heavy atom. The molecule has 2 aromatic carbocycles. The Hall–Kier alpha value is -1.88. The lowest BCUT2D eigenvalue weighted by Gasteiger charge is -2.10. The van der Waals surface area contributed by atoms with E-state index in [9.17, 15) is 8.60 Å². The van der Waals surface area contributed by atoms with Gasteiger partial charge in [0, 0.05) is 4.90 Å². The molecule has 0 aliphatic rings. The molecule has 2 aromatic rings. The molecule has 0 aliphatic heterocycles. The number of hydrogen-bond donors (Lipinski definition) is 0. The highest BCUT2D eigenvalue weighted by Gasteiger charge is 2.07. The van der Waals surface area contributed by atoms with Crippen LogP contribution in [-0.2, 0) is 10.8 Å². The average molecular weight is 294 g/mol. The summed E-state index contributed by atoms with van der Waals surface area (Å²) in [6.45, 7) is 0.267. The Labute approximate surface area is 119 Å². The molecule has 0 spiro atoms. The van der Waals surface area contributed by atoms with Gasteiger partial charge in [0.05, 0.1) is 23.7 Å². The summed E-state index contributed by atoms with van der Waals surface area (Å²) >= 11 is 0. The molecule has 1 atom stereocenters. The fourth-order valence-corrected chi connectivity index (χ4v) is 2.64. The molecule has 106 valence electrons. The molecule has 5 heteroatoms. The second-order valence-electron chi connectivity index (χ2n) is 4.01. The maximum atomic E-state index is 13.0. The number of ether oxygens (including phenoxy) is 2. The van der Waals surface area contributed by atoms with Crippen molar-refractivity contribution in [3.8, 4) is 11.5 Å². The summed E-state index contributed by atoms with van der Waals surface area (Å²) in [4.78, 5) is 0.466. The van der Waals surface area contributed by atoms with E-state index >= 15 is 0 Å². The summed E-state index contributed by atoms with van der Waals surface area (Å²) in [5.41, 5.74) is 0. The summed E-state index contributed by atoms with van der Waals surface area (Å²) in [6.07, 6.45) is 0. The number of benzene rings is 2. The Bertz CT molecular complexity index is 601. The van der Waals surface area contributed by atoms with Gasteiger partial charge in [-0.3, -0.25) is 4.21 Å². The lowest BCUT2D eigenvalue weighted by atomic mass is 10.3. The van der Waals surface area contributed by atoms with Crippen LogP contribution in [0.4, 0.5) is 4.39 Å². The van der Waals surface area contributed by atoms with Crippen molar-refractivity contribution in [2.24, 2.45) is 0 Å². The number of halogens is 1. The predicted molar refractivity (Wildman–Crippen MR) is 76.2 cm³/mol. The molecule has 0 heterocycles. The zero-order valence-corrected chi connectivity index (χ0v) is 11.9. The van der Waals surface area contributed by atoms with Crippen LogP contribution in [0.3, 0.4) is 0 Å².